The number of hydrogen-bond donors (Lipinski definition) is 1. The van der Waals surface area contributed by atoms with Crippen molar-refractivity contribution in [3.63, 3.8) is 0 Å². The van der Waals surface area contributed by atoms with Gasteiger partial charge < -0.3 is 14.8 Å². The van der Waals surface area contributed by atoms with Gasteiger partial charge in [-0.2, -0.15) is 0 Å². The molecule has 1 aromatic rings. The van der Waals surface area contributed by atoms with Gasteiger partial charge in [-0.15, -0.1) is 0 Å². The summed E-state index contributed by atoms with van der Waals surface area (Å²) in [6.45, 7) is 4.42. The Morgan fingerprint density at radius 3 is 2.65 bits per heavy atom. The smallest absolute Gasteiger partial charge is 0.122 e. The Hall–Kier alpha value is -1.22. The summed E-state index contributed by atoms with van der Waals surface area (Å²) >= 11 is 0. The Morgan fingerprint density at radius 1 is 1.18 bits per heavy atom. The minimum Gasteiger partial charge on any atom is -0.497 e. The molecule has 0 radical (unpaired) electrons. The zero-order chi connectivity index (χ0) is 12.3. The molecule has 1 aromatic carbocycles. The highest BCUT2D eigenvalue weighted by atomic mass is 16.5. The van der Waals surface area contributed by atoms with Crippen molar-refractivity contribution in [1.82, 2.24) is 5.32 Å². The van der Waals surface area contributed by atoms with Gasteiger partial charge in [0, 0.05) is 18.0 Å². The number of hydrogen-bond acceptors (Lipinski definition) is 3. The SMILES string of the molecule is COc1ccc(OC)c(C2CNCC(C)C2)c1. The maximum atomic E-state index is 5.45. The van der Waals surface area contributed by atoms with Gasteiger partial charge in [0.1, 0.15) is 11.5 Å². The minimum absolute atomic E-state index is 0.517. The minimum atomic E-state index is 0.517. The Morgan fingerprint density at radius 2 is 2.00 bits per heavy atom. The van der Waals surface area contributed by atoms with Crippen LogP contribution < -0.4 is 14.8 Å². The first-order valence-electron chi connectivity index (χ1n) is 6.17. The van der Waals surface area contributed by atoms with Crippen molar-refractivity contribution < 1.29 is 9.47 Å². The first-order valence-corrected chi connectivity index (χ1v) is 6.17. The van der Waals surface area contributed by atoms with E-state index in [4.69, 9.17) is 9.47 Å². The van der Waals surface area contributed by atoms with Crippen LogP contribution in [-0.2, 0) is 0 Å². The second kappa shape index (κ2) is 5.41. The van der Waals surface area contributed by atoms with Crippen LogP contribution in [0.25, 0.3) is 0 Å². The fourth-order valence-electron chi connectivity index (χ4n) is 2.55. The van der Waals surface area contributed by atoms with Crippen molar-refractivity contribution in [2.75, 3.05) is 27.3 Å². The number of ether oxygens (including phenoxy) is 2. The van der Waals surface area contributed by atoms with Crippen LogP contribution in [0, 0.1) is 5.92 Å². The zero-order valence-electron chi connectivity index (χ0n) is 10.8. The van der Waals surface area contributed by atoms with Gasteiger partial charge in [-0.1, -0.05) is 6.92 Å². The highest BCUT2D eigenvalue weighted by Gasteiger charge is 2.23. The van der Waals surface area contributed by atoms with E-state index in [-0.39, 0.29) is 0 Å². The van der Waals surface area contributed by atoms with Gasteiger partial charge in [0.25, 0.3) is 0 Å². The Bertz CT molecular complexity index is 378. The van der Waals surface area contributed by atoms with E-state index >= 15 is 0 Å². The highest BCUT2D eigenvalue weighted by molar-refractivity contribution is 5.42. The van der Waals surface area contributed by atoms with Crippen LogP contribution in [0.4, 0.5) is 0 Å². The summed E-state index contributed by atoms with van der Waals surface area (Å²) < 4.78 is 10.7. The average Bonchev–Trinajstić information content (AvgIpc) is 2.38. The number of benzene rings is 1. The van der Waals surface area contributed by atoms with Gasteiger partial charge in [-0.05, 0) is 37.1 Å². The average molecular weight is 235 g/mol. The molecule has 0 aromatic heterocycles. The Kier molecular flexibility index (Phi) is 3.89. The lowest BCUT2D eigenvalue weighted by atomic mass is 9.86. The molecule has 0 amide bonds. The largest absolute Gasteiger partial charge is 0.497 e. The molecule has 3 nitrogen and oxygen atoms in total. The molecule has 0 saturated carbocycles. The topological polar surface area (TPSA) is 30.5 Å². The van der Waals surface area contributed by atoms with Crippen LogP contribution in [-0.4, -0.2) is 27.3 Å². The van der Waals surface area contributed by atoms with Crippen molar-refractivity contribution in [3.8, 4) is 11.5 Å². The summed E-state index contributed by atoms with van der Waals surface area (Å²) in [7, 11) is 3.43. The molecule has 0 bridgehead atoms. The van der Waals surface area contributed by atoms with Crippen molar-refractivity contribution in [2.45, 2.75) is 19.3 Å². The lowest BCUT2D eigenvalue weighted by Gasteiger charge is -2.29. The molecule has 17 heavy (non-hydrogen) atoms. The van der Waals surface area contributed by atoms with E-state index in [0.717, 1.165) is 24.6 Å². The molecule has 1 N–H and O–H groups in total. The molecule has 1 saturated heterocycles. The van der Waals surface area contributed by atoms with Gasteiger partial charge in [0.15, 0.2) is 0 Å². The lowest BCUT2D eigenvalue weighted by molar-refractivity contribution is 0.346. The Labute approximate surface area is 103 Å². The summed E-state index contributed by atoms with van der Waals surface area (Å²) in [5.74, 6) is 3.10. The molecule has 3 heteroatoms. The monoisotopic (exact) mass is 235 g/mol. The van der Waals surface area contributed by atoms with Gasteiger partial charge in [0.2, 0.25) is 0 Å². The third-order valence-electron chi connectivity index (χ3n) is 3.45. The first-order chi connectivity index (χ1) is 8.24. The third-order valence-corrected chi connectivity index (χ3v) is 3.45. The first kappa shape index (κ1) is 12.2. The van der Waals surface area contributed by atoms with Crippen LogP contribution in [0.15, 0.2) is 18.2 Å². The zero-order valence-corrected chi connectivity index (χ0v) is 10.8. The van der Waals surface area contributed by atoms with Gasteiger partial charge in [-0.25, -0.2) is 0 Å². The second-order valence-electron chi connectivity index (χ2n) is 4.80. The molecule has 1 heterocycles. The molecule has 0 aliphatic carbocycles. The molecule has 1 fully saturated rings. The molecule has 1 aliphatic heterocycles. The van der Waals surface area contributed by atoms with E-state index in [1.54, 1.807) is 14.2 Å². The van der Waals surface area contributed by atoms with Crippen molar-refractivity contribution in [1.29, 1.82) is 0 Å². The van der Waals surface area contributed by atoms with Gasteiger partial charge in [0.05, 0.1) is 14.2 Å². The molecule has 2 atom stereocenters. The number of methoxy groups -OCH3 is 2. The molecular formula is C14H21NO2. The summed E-state index contributed by atoms with van der Waals surface area (Å²) in [4.78, 5) is 0. The fourth-order valence-corrected chi connectivity index (χ4v) is 2.55. The summed E-state index contributed by atoms with van der Waals surface area (Å²) in [5, 5.41) is 3.48. The van der Waals surface area contributed by atoms with Gasteiger partial charge in [-0.3, -0.25) is 0 Å². The fraction of sp³-hybridized carbons (Fsp3) is 0.571. The van der Waals surface area contributed by atoms with E-state index in [1.165, 1.54) is 12.0 Å². The van der Waals surface area contributed by atoms with Gasteiger partial charge >= 0.3 is 0 Å². The van der Waals surface area contributed by atoms with E-state index in [0.29, 0.717) is 11.8 Å². The summed E-state index contributed by atoms with van der Waals surface area (Å²) in [6.07, 6.45) is 1.20. The van der Waals surface area contributed by atoms with E-state index in [1.807, 2.05) is 12.1 Å². The maximum Gasteiger partial charge on any atom is 0.122 e. The molecule has 2 unspecified atom stereocenters. The second-order valence-corrected chi connectivity index (χ2v) is 4.80. The lowest BCUT2D eigenvalue weighted by Crippen LogP contribution is -2.33. The van der Waals surface area contributed by atoms with Crippen LogP contribution >= 0.6 is 0 Å². The Balaban J connectivity index is 2.27. The molecule has 2 rings (SSSR count). The summed E-state index contributed by atoms with van der Waals surface area (Å²) in [5.41, 5.74) is 1.26. The predicted molar refractivity (Wildman–Crippen MR) is 68.9 cm³/mol. The normalized spacial score (nSPS) is 24.4. The van der Waals surface area contributed by atoms with Crippen molar-refractivity contribution in [2.24, 2.45) is 5.92 Å². The van der Waals surface area contributed by atoms with Crippen molar-refractivity contribution >= 4 is 0 Å². The third kappa shape index (κ3) is 2.72. The maximum absolute atomic E-state index is 5.45. The predicted octanol–water partition coefficient (Wildman–Crippen LogP) is 2.42. The standard InChI is InChI=1S/C14H21NO2/c1-10-6-11(9-15-8-10)13-7-12(16-2)4-5-14(13)17-3/h4-5,7,10-11,15H,6,8-9H2,1-3H3. The number of nitrogens with one attached hydrogen (secondary N) is 1. The van der Waals surface area contributed by atoms with Crippen LogP contribution in [0.5, 0.6) is 11.5 Å². The van der Waals surface area contributed by atoms with Crippen LogP contribution in [0.1, 0.15) is 24.8 Å². The number of rotatable bonds is 3. The van der Waals surface area contributed by atoms with E-state index < -0.39 is 0 Å². The van der Waals surface area contributed by atoms with Crippen LogP contribution in [0.2, 0.25) is 0 Å². The molecule has 94 valence electrons. The van der Waals surface area contributed by atoms with E-state index in [2.05, 4.69) is 18.3 Å². The summed E-state index contributed by atoms with van der Waals surface area (Å²) in [6, 6.07) is 6.04. The highest BCUT2D eigenvalue weighted by Crippen LogP contribution is 2.35. The number of piperidine rings is 1. The van der Waals surface area contributed by atoms with Crippen molar-refractivity contribution in [3.05, 3.63) is 23.8 Å². The molecular weight excluding hydrogens is 214 g/mol. The molecule has 0 spiro atoms. The quantitative estimate of drug-likeness (QED) is 0.872. The van der Waals surface area contributed by atoms with Crippen LogP contribution in [0.3, 0.4) is 0 Å². The van der Waals surface area contributed by atoms with E-state index in [9.17, 15) is 0 Å². The molecule has 1 aliphatic rings.